The SMILES string of the molecule is CC1CN(c2ccccc2)CCN1C(=O)c1cc(-c2ccncc2)n[nH]1. The summed E-state index contributed by atoms with van der Waals surface area (Å²) >= 11 is 0. The number of hydrogen-bond acceptors (Lipinski definition) is 4. The van der Waals surface area contributed by atoms with Crippen LogP contribution in [-0.4, -0.2) is 51.7 Å². The fourth-order valence-corrected chi connectivity index (χ4v) is 3.39. The van der Waals surface area contributed by atoms with Crippen LogP contribution in [0.5, 0.6) is 0 Å². The summed E-state index contributed by atoms with van der Waals surface area (Å²) in [4.78, 5) is 21.2. The van der Waals surface area contributed by atoms with Gasteiger partial charge in [-0.15, -0.1) is 0 Å². The molecular formula is C20H21N5O. The van der Waals surface area contributed by atoms with Crippen LogP contribution in [-0.2, 0) is 0 Å². The highest BCUT2D eigenvalue weighted by Gasteiger charge is 2.29. The summed E-state index contributed by atoms with van der Waals surface area (Å²) in [5.41, 5.74) is 3.42. The van der Waals surface area contributed by atoms with Crippen molar-refractivity contribution in [1.82, 2.24) is 20.1 Å². The van der Waals surface area contributed by atoms with Crippen LogP contribution in [0.2, 0.25) is 0 Å². The molecule has 1 aliphatic heterocycles. The van der Waals surface area contributed by atoms with Gasteiger partial charge in [0.05, 0.1) is 5.69 Å². The van der Waals surface area contributed by atoms with Gasteiger partial charge in [-0.1, -0.05) is 18.2 Å². The third-order valence-corrected chi connectivity index (χ3v) is 4.79. The number of aromatic amines is 1. The highest BCUT2D eigenvalue weighted by atomic mass is 16.2. The lowest BCUT2D eigenvalue weighted by Crippen LogP contribution is -2.54. The Labute approximate surface area is 152 Å². The quantitative estimate of drug-likeness (QED) is 0.791. The maximum atomic E-state index is 12.9. The predicted molar refractivity (Wildman–Crippen MR) is 101 cm³/mol. The van der Waals surface area contributed by atoms with Gasteiger partial charge in [0.1, 0.15) is 5.69 Å². The number of H-pyrrole nitrogens is 1. The van der Waals surface area contributed by atoms with E-state index in [1.54, 1.807) is 12.4 Å². The van der Waals surface area contributed by atoms with Gasteiger partial charge in [0, 0.05) is 49.3 Å². The number of carbonyl (C=O) groups excluding carboxylic acids is 1. The Morgan fingerprint density at radius 1 is 1.12 bits per heavy atom. The van der Waals surface area contributed by atoms with Gasteiger partial charge in [0.2, 0.25) is 0 Å². The smallest absolute Gasteiger partial charge is 0.272 e. The van der Waals surface area contributed by atoms with Gasteiger partial charge in [0.15, 0.2) is 0 Å². The number of nitrogens with zero attached hydrogens (tertiary/aromatic N) is 4. The van der Waals surface area contributed by atoms with E-state index in [2.05, 4.69) is 39.1 Å². The van der Waals surface area contributed by atoms with E-state index >= 15 is 0 Å². The summed E-state index contributed by atoms with van der Waals surface area (Å²) in [5.74, 6) is -0.00184. The summed E-state index contributed by atoms with van der Waals surface area (Å²) in [7, 11) is 0. The highest BCUT2D eigenvalue weighted by Crippen LogP contribution is 2.21. The fraction of sp³-hybridized carbons (Fsp3) is 0.250. The third kappa shape index (κ3) is 3.18. The van der Waals surface area contributed by atoms with Crippen molar-refractivity contribution >= 4 is 11.6 Å². The molecule has 1 unspecified atom stereocenters. The van der Waals surface area contributed by atoms with Gasteiger partial charge < -0.3 is 9.80 Å². The average molecular weight is 347 g/mol. The molecule has 0 saturated carbocycles. The zero-order chi connectivity index (χ0) is 17.9. The van der Waals surface area contributed by atoms with E-state index in [0.29, 0.717) is 12.2 Å². The number of piperazine rings is 1. The van der Waals surface area contributed by atoms with Gasteiger partial charge >= 0.3 is 0 Å². The van der Waals surface area contributed by atoms with Crippen molar-refractivity contribution in [2.45, 2.75) is 13.0 Å². The van der Waals surface area contributed by atoms with Crippen molar-refractivity contribution in [3.05, 3.63) is 66.6 Å². The Morgan fingerprint density at radius 2 is 1.88 bits per heavy atom. The van der Waals surface area contributed by atoms with Crippen molar-refractivity contribution in [2.75, 3.05) is 24.5 Å². The Morgan fingerprint density at radius 3 is 2.62 bits per heavy atom. The van der Waals surface area contributed by atoms with E-state index in [4.69, 9.17) is 0 Å². The molecule has 1 atom stereocenters. The van der Waals surface area contributed by atoms with E-state index in [1.165, 1.54) is 5.69 Å². The molecule has 0 aliphatic carbocycles. The van der Waals surface area contributed by atoms with E-state index in [0.717, 1.165) is 24.3 Å². The maximum absolute atomic E-state index is 12.9. The minimum atomic E-state index is -0.00184. The molecular weight excluding hydrogens is 326 g/mol. The molecule has 3 heterocycles. The zero-order valence-corrected chi connectivity index (χ0v) is 14.7. The van der Waals surface area contributed by atoms with E-state index in [1.807, 2.05) is 41.3 Å². The number of aromatic nitrogens is 3. The molecule has 26 heavy (non-hydrogen) atoms. The standard InChI is InChI=1S/C20H21N5O/c1-15-14-24(17-5-3-2-4-6-17)11-12-25(15)20(26)19-13-18(22-23-19)16-7-9-21-10-8-16/h2-10,13,15H,11-12,14H2,1H3,(H,22,23). The molecule has 1 saturated heterocycles. The van der Waals surface area contributed by atoms with Crippen LogP contribution in [0.1, 0.15) is 17.4 Å². The van der Waals surface area contributed by atoms with Gasteiger partial charge in [-0.3, -0.25) is 14.9 Å². The first kappa shape index (κ1) is 16.3. The Balaban J connectivity index is 1.47. The molecule has 0 spiro atoms. The van der Waals surface area contributed by atoms with Crippen LogP contribution in [0.25, 0.3) is 11.3 Å². The number of amides is 1. The van der Waals surface area contributed by atoms with Gasteiger partial charge in [0.25, 0.3) is 5.91 Å². The third-order valence-electron chi connectivity index (χ3n) is 4.79. The number of pyridine rings is 1. The first-order valence-corrected chi connectivity index (χ1v) is 8.79. The summed E-state index contributed by atoms with van der Waals surface area (Å²) in [5, 5.41) is 7.17. The van der Waals surface area contributed by atoms with Crippen LogP contribution in [0.3, 0.4) is 0 Å². The second kappa shape index (κ2) is 7.00. The monoisotopic (exact) mass is 347 g/mol. The second-order valence-corrected chi connectivity index (χ2v) is 6.53. The van der Waals surface area contributed by atoms with Crippen LogP contribution in [0, 0.1) is 0 Å². The number of para-hydroxylation sites is 1. The van der Waals surface area contributed by atoms with E-state index in [-0.39, 0.29) is 11.9 Å². The number of benzene rings is 1. The predicted octanol–water partition coefficient (Wildman–Crippen LogP) is 2.82. The molecule has 0 bridgehead atoms. The lowest BCUT2D eigenvalue weighted by Gasteiger charge is -2.40. The minimum Gasteiger partial charge on any atom is -0.368 e. The van der Waals surface area contributed by atoms with Gasteiger partial charge in [-0.05, 0) is 37.3 Å². The van der Waals surface area contributed by atoms with Gasteiger partial charge in [-0.25, -0.2) is 0 Å². The number of anilines is 1. The summed E-state index contributed by atoms with van der Waals surface area (Å²) in [6.07, 6.45) is 3.44. The lowest BCUT2D eigenvalue weighted by molar-refractivity contribution is 0.0668. The summed E-state index contributed by atoms with van der Waals surface area (Å²) < 4.78 is 0. The normalized spacial score (nSPS) is 17.3. The first-order chi connectivity index (χ1) is 12.7. The van der Waals surface area contributed by atoms with Crippen LogP contribution < -0.4 is 4.90 Å². The molecule has 1 aromatic carbocycles. The number of nitrogens with one attached hydrogen (secondary N) is 1. The largest absolute Gasteiger partial charge is 0.368 e. The number of hydrogen-bond donors (Lipinski definition) is 1. The first-order valence-electron chi connectivity index (χ1n) is 8.79. The molecule has 2 aromatic heterocycles. The molecule has 132 valence electrons. The van der Waals surface area contributed by atoms with E-state index in [9.17, 15) is 4.79 Å². The van der Waals surface area contributed by atoms with Crippen molar-refractivity contribution < 1.29 is 4.79 Å². The fourth-order valence-electron chi connectivity index (χ4n) is 3.39. The molecule has 1 N–H and O–H groups in total. The van der Waals surface area contributed by atoms with Gasteiger partial charge in [-0.2, -0.15) is 5.10 Å². The Kier molecular flexibility index (Phi) is 4.39. The highest BCUT2D eigenvalue weighted by molar-refractivity contribution is 5.93. The zero-order valence-electron chi connectivity index (χ0n) is 14.7. The minimum absolute atomic E-state index is 0.00184. The average Bonchev–Trinajstić information content (AvgIpc) is 3.19. The molecule has 1 amide bonds. The van der Waals surface area contributed by atoms with Crippen molar-refractivity contribution in [2.24, 2.45) is 0 Å². The molecule has 6 nitrogen and oxygen atoms in total. The summed E-state index contributed by atoms with van der Waals surface area (Å²) in [6.45, 7) is 4.43. The topological polar surface area (TPSA) is 65.1 Å². The van der Waals surface area contributed by atoms with Crippen LogP contribution in [0.15, 0.2) is 60.9 Å². The molecule has 6 heteroatoms. The Bertz CT molecular complexity index is 877. The molecule has 1 fully saturated rings. The second-order valence-electron chi connectivity index (χ2n) is 6.53. The molecule has 0 radical (unpaired) electrons. The Hall–Kier alpha value is -3.15. The number of rotatable bonds is 3. The molecule has 1 aliphatic rings. The van der Waals surface area contributed by atoms with Crippen LogP contribution in [0.4, 0.5) is 5.69 Å². The van der Waals surface area contributed by atoms with Crippen molar-refractivity contribution in [3.63, 3.8) is 0 Å². The summed E-state index contributed by atoms with van der Waals surface area (Å²) in [6, 6.07) is 16.0. The van der Waals surface area contributed by atoms with Crippen molar-refractivity contribution in [1.29, 1.82) is 0 Å². The molecule has 4 rings (SSSR count). The number of carbonyl (C=O) groups is 1. The molecule has 3 aromatic rings. The maximum Gasteiger partial charge on any atom is 0.272 e. The van der Waals surface area contributed by atoms with E-state index < -0.39 is 0 Å². The van der Waals surface area contributed by atoms with Crippen LogP contribution >= 0.6 is 0 Å². The lowest BCUT2D eigenvalue weighted by atomic mass is 10.1. The van der Waals surface area contributed by atoms with Crippen molar-refractivity contribution in [3.8, 4) is 11.3 Å².